The maximum absolute atomic E-state index is 13.0. The number of nitrogens with zero attached hydrogens (tertiary/aromatic N) is 1. The first-order chi connectivity index (χ1) is 10.3. The Hall–Kier alpha value is -1.40. The molecule has 2 aliphatic rings. The number of hydrogen-bond donors (Lipinski definition) is 1. The first-order valence-corrected chi connectivity index (χ1v) is 7.37. The van der Waals surface area contributed by atoms with Gasteiger partial charge in [0, 0.05) is 44.2 Å². The lowest BCUT2D eigenvalue weighted by atomic mass is 9.99. The highest BCUT2D eigenvalue weighted by Gasteiger charge is 2.29. The second-order valence-corrected chi connectivity index (χ2v) is 5.30. The van der Waals surface area contributed by atoms with Gasteiger partial charge >= 0.3 is 0 Å². The fourth-order valence-corrected chi connectivity index (χ4v) is 2.99. The van der Waals surface area contributed by atoms with E-state index in [0.29, 0.717) is 24.7 Å². The van der Waals surface area contributed by atoms with Crippen molar-refractivity contribution in [2.24, 2.45) is 0 Å². The van der Waals surface area contributed by atoms with E-state index in [1.807, 2.05) is 18.2 Å². The molecule has 1 atom stereocenters. The predicted octanol–water partition coefficient (Wildman–Crippen LogP) is 2.06. The van der Waals surface area contributed by atoms with Gasteiger partial charge in [0.1, 0.15) is 13.2 Å². The van der Waals surface area contributed by atoms with Gasteiger partial charge in [-0.25, -0.2) is 8.78 Å². The zero-order chi connectivity index (χ0) is 14.7. The van der Waals surface area contributed by atoms with Crippen LogP contribution in [0.2, 0.25) is 0 Å². The molecule has 3 rings (SSSR count). The number of fused-ring (bicyclic) bond motifs is 1. The third-order valence-electron chi connectivity index (χ3n) is 3.95. The SMILES string of the molecule is FC(F)C[C@H](c1cccc2c1OCCO2)N1CCNCC1. The summed E-state index contributed by atoms with van der Waals surface area (Å²) in [6.45, 7) is 4.15. The molecule has 0 unspecified atom stereocenters. The first-order valence-electron chi connectivity index (χ1n) is 7.37. The van der Waals surface area contributed by atoms with Crippen molar-refractivity contribution in [3.63, 3.8) is 0 Å². The van der Waals surface area contributed by atoms with Gasteiger partial charge in [0.25, 0.3) is 0 Å². The molecule has 1 saturated heterocycles. The first kappa shape index (κ1) is 14.5. The predicted molar refractivity (Wildman–Crippen MR) is 75.2 cm³/mol. The van der Waals surface area contributed by atoms with Crippen molar-refractivity contribution in [2.45, 2.75) is 18.9 Å². The Morgan fingerprint density at radius 1 is 1.14 bits per heavy atom. The van der Waals surface area contributed by atoms with Crippen molar-refractivity contribution >= 4 is 0 Å². The highest BCUT2D eigenvalue weighted by atomic mass is 19.3. The summed E-state index contributed by atoms with van der Waals surface area (Å²) >= 11 is 0. The average molecular weight is 298 g/mol. The second-order valence-electron chi connectivity index (χ2n) is 5.30. The van der Waals surface area contributed by atoms with Gasteiger partial charge in [-0.3, -0.25) is 4.90 Å². The van der Waals surface area contributed by atoms with E-state index in [1.165, 1.54) is 0 Å². The third kappa shape index (κ3) is 3.27. The van der Waals surface area contributed by atoms with Gasteiger partial charge in [-0.2, -0.15) is 0 Å². The summed E-state index contributed by atoms with van der Waals surface area (Å²) in [5.41, 5.74) is 0.814. The average Bonchev–Trinajstić information content (AvgIpc) is 2.53. The van der Waals surface area contributed by atoms with Crippen LogP contribution in [0, 0.1) is 0 Å². The molecular weight excluding hydrogens is 278 g/mol. The molecule has 0 saturated carbocycles. The van der Waals surface area contributed by atoms with Crippen molar-refractivity contribution in [3.8, 4) is 11.5 Å². The summed E-state index contributed by atoms with van der Waals surface area (Å²) < 4.78 is 37.3. The number of piperazine rings is 1. The Morgan fingerprint density at radius 3 is 2.67 bits per heavy atom. The summed E-state index contributed by atoms with van der Waals surface area (Å²) in [5, 5.41) is 3.25. The minimum Gasteiger partial charge on any atom is -0.486 e. The molecule has 0 radical (unpaired) electrons. The zero-order valence-corrected chi connectivity index (χ0v) is 11.9. The van der Waals surface area contributed by atoms with Crippen LogP contribution in [-0.2, 0) is 0 Å². The maximum Gasteiger partial charge on any atom is 0.240 e. The van der Waals surface area contributed by atoms with Crippen LogP contribution in [0.1, 0.15) is 18.0 Å². The van der Waals surface area contributed by atoms with Crippen LogP contribution in [0.25, 0.3) is 0 Å². The minimum absolute atomic E-state index is 0.181. The number of benzene rings is 1. The normalized spacial score (nSPS) is 20.5. The number of nitrogens with one attached hydrogen (secondary N) is 1. The molecule has 0 aromatic heterocycles. The number of hydrogen-bond acceptors (Lipinski definition) is 4. The summed E-state index contributed by atoms with van der Waals surface area (Å²) in [6, 6.07) is 5.23. The van der Waals surface area contributed by atoms with Crippen LogP contribution in [0.4, 0.5) is 8.78 Å². The van der Waals surface area contributed by atoms with Crippen LogP contribution in [0.5, 0.6) is 11.5 Å². The highest BCUT2D eigenvalue weighted by molar-refractivity contribution is 5.49. The van der Waals surface area contributed by atoms with Gasteiger partial charge in [0.15, 0.2) is 11.5 Å². The van der Waals surface area contributed by atoms with Gasteiger partial charge < -0.3 is 14.8 Å². The highest BCUT2D eigenvalue weighted by Crippen LogP contribution is 2.40. The molecule has 4 nitrogen and oxygen atoms in total. The van der Waals surface area contributed by atoms with E-state index in [-0.39, 0.29) is 12.5 Å². The lowest BCUT2D eigenvalue weighted by molar-refractivity contribution is 0.0710. The third-order valence-corrected chi connectivity index (χ3v) is 3.95. The maximum atomic E-state index is 13.0. The number of ether oxygens (including phenoxy) is 2. The van der Waals surface area contributed by atoms with E-state index >= 15 is 0 Å². The van der Waals surface area contributed by atoms with E-state index in [1.54, 1.807) is 0 Å². The number of para-hydroxylation sites is 1. The Morgan fingerprint density at radius 2 is 1.90 bits per heavy atom. The van der Waals surface area contributed by atoms with E-state index < -0.39 is 6.43 Å². The molecule has 1 N–H and O–H groups in total. The summed E-state index contributed by atoms with van der Waals surface area (Å²) in [4.78, 5) is 2.11. The second kappa shape index (κ2) is 6.58. The van der Waals surface area contributed by atoms with E-state index in [4.69, 9.17) is 9.47 Å². The smallest absolute Gasteiger partial charge is 0.240 e. The molecule has 0 bridgehead atoms. The molecule has 1 aromatic rings. The fourth-order valence-electron chi connectivity index (χ4n) is 2.99. The molecule has 2 aliphatic heterocycles. The Kier molecular flexibility index (Phi) is 4.55. The van der Waals surface area contributed by atoms with E-state index in [0.717, 1.165) is 31.7 Å². The number of alkyl halides is 2. The van der Waals surface area contributed by atoms with Gasteiger partial charge in [-0.15, -0.1) is 0 Å². The fraction of sp³-hybridized carbons (Fsp3) is 0.600. The molecule has 0 amide bonds. The van der Waals surface area contributed by atoms with Gasteiger partial charge in [0.05, 0.1) is 0 Å². The lowest BCUT2D eigenvalue weighted by Gasteiger charge is -2.36. The summed E-state index contributed by atoms with van der Waals surface area (Å²) in [6.07, 6.45) is -2.52. The van der Waals surface area contributed by atoms with E-state index in [9.17, 15) is 8.78 Å². The molecule has 116 valence electrons. The van der Waals surface area contributed by atoms with Crippen molar-refractivity contribution in [3.05, 3.63) is 23.8 Å². The van der Waals surface area contributed by atoms with Gasteiger partial charge in [-0.1, -0.05) is 12.1 Å². The van der Waals surface area contributed by atoms with Gasteiger partial charge in [-0.05, 0) is 6.07 Å². The lowest BCUT2D eigenvalue weighted by Crippen LogP contribution is -2.45. The Balaban J connectivity index is 1.91. The molecule has 1 fully saturated rings. The molecule has 0 aliphatic carbocycles. The van der Waals surface area contributed by atoms with Crippen molar-refractivity contribution in [2.75, 3.05) is 39.4 Å². The zero-order valence-electron chi connectivity index (χ0n) is 11.9. The Labute approximate surface area is 123 Å². The quantitative estimate of drug-likeness (QED) is 0.922. The van der Waals surface area contributed by atoms with Crippen LogP contribution in [0.3, 0.4) is 0 Å². The molecule has 2 heterocycles. The van der Waals surface area contributed by atoms with Crippen molar-refractivity contribution in [1.29, 1.82) is 0 Å². The van der Waals surface area contributed by atoms with Crippen LogP contribution in [-0.4, -0.2) is 50.7 Å². The Bertz CT molecular complexity index is 479. The topological polar surface area (TPSA) is 33.7 Å². The molecule has 0 spiro atoms. The molecule has 6 heteroatoms. The van der Waals surface area contributed by atoms with Crippen LogP contribution in [0.15, 0.2) is 18.2 Å². The largest absolute Gasteiger partial charge is 0.486 e. The van der Waals surface area contributed by atoms with Crippen molar-refractivity contribution in [1.82, 2.24) is 10.2 Å². The van der Waals surface area contributed by atoms with Crippen LogP contribution < -0.4 is 14.8 Å². The number of rotatable bonds is 4. The van der Waals surface area contributed by atoms with Crippen molar-refractivity contribution < 1.29 is 18.3 Å². The summed E-state index contributed by atoms with van der Waals surface area (Å²) in [7, 11) is 0. The van der Waals surface area contributed by atoms with Gasteiger partial charge in [0.2, 0.25) is 6.43 Å². The summed E-state index contributed by atoms with van der Waals surface area (Å²) in [5.74, 6) is 1.29. The standard InChI is InChI=1S/C15H20F2N2O2/c16-14(17)10-12(19-6-4-18-5-7-19)11-2-1-3-13-15(11)21-9-8-20-13/h1-3,12,14,18H,4-10H2/t12-/m1/s1. The molecule has 21 heavy (non-hydrogen) atoms. The monoisotopic (exact) mass is 298 g/mol. The molecular formula is C15H20F2N2O2. The van der Waals surface area contributed by atoms with E-state index in [2.05, 4.69) is 10.2 Å². The van der Waals surface area contributed by atoms with Crippen LogP contribution >= 0.6 is 0 Å². The minimum atomic E-state index is -2.34. The molecule has 1 aromatic carbocycles. The number of halogens is 2.